The first-order valence-corrected chi connectivity index (χ1v) is 7.21. The first-order valence-electron chi connectivity index (χ1n) is 4.90. The third kappa shape index (κ3) is 2.68. The van der Waals surface area contributed by atoms with E-state index in [4.69, 9.17) is 15.4 Å². The van der Waals surface area contributed by atoms with Crippen LogP contribution in [0.1, 0.15) is 30.9 Å². The molecule has 1 rings (SSSR count). The Morgan fingerprint density at radius 1 is 1.31 bits per heavy atom. The summed E-state index contributed by atoms with van der Waals surface area (Å²) in [4.78, 5) is 0.152. The molecule has 0 aliphatic rings. The van der Waals surface area contributed by atoms with Crippen LogP contribution in [0.3, 0.4) is 0 Å². The molecule has 0 aliphatic carbocycles. The minimum atomic E-state index is -3.70. The number of halogens is 1. The van der Waals surface area contributed by atoms with Gasteiger partial charge in [-0.15, -0.1) is 0 Å². The molecule has 0 aromatic heterocycles. The molecule has 0 heterocycles. The van der Waals surface area contributed by atoms with E-state index in [1.807, 2.05) is 13.8 Å². The third-order valence-electron chi connectivity index (χ3n) is 2.41. The van der Waals surface area contributed by atoms with Crippen LogP contribution in [0.15, 0.2) is 17.0 Å². The first-order chi connectivity index (χ1) is 7.27. The van der Waals surface area contributed by atoms with Crippen molar-refractivity contribution in [3.05, 3.63) is 23.3 Å². The van der Waals surface area contributed by atoms with Crippen LogP contribution < -0.4 is 4.74 Å². The molecule has 1 aromatic rings. The summed E-state index contributed by atoms with van der Waals surface area (Å²) in [5.41, 5.74) is 1.43. The van der Waals surface area contributed by atoms with Crippen molar-refractivity contribution < 1.29 is 13.2 Å². The number of hydrogen-bond acceptors (Lipinski definition) is 3. The lowest BCUT2D eigenvalue weighted by atomic mass is 10.0. The van der Waals surface area contributed by atoms with Gasteiger partial charge in [0.1, 0.15) is 5.75 Å². The normalized spacial score (nSPS) is 11.9. The molecule has 0 atom stereocenters. The van der Waals surface area contributed by atoms with Gasteiger partial charge in [0.15, 0.2) is 0 Å². The molecule has 0 fully saturated rings. The molecule has 3 nitrogen and oxygen atoms in total. The van der Waals surface area contributed by atoms with Crippen LogP contribution >= 0.6 is 10.7 Å². The molecule has 0 bridgehead atoms. The van der Waals surface area contributed by atoms with Gasteiger partial charge in [-0.1, -0.05) is 13.8 Å². The Bertz CT molecular complexity index is 492. The quantitative estimate of drug-likeness (QED) is 0.787. The predicted octanol–water partition coefficient (Wildman–Crippen LogP) is 3.05. The van der Waals surface area contributed by atoms with E-state index < -0.39 is 9.05 Å². The number of ether oxygens (including phenoxy) is 1. The summed E-state index contributed by atoms with van der Waals surface area (Å²) < 4.78 is 27.9. The highest BCUT2D eigenvalue weighted by Crippen LogP contribution is 2.32. The van der Waals surface area contributed by atoms with Crippen molar-refractivity contribution >= 4 is 19.7 Å². The van der Waals surface area contributed by atoms with Crippen LogP contribution in [-0.2, 0) is 9.05 Å². The molecule has 0 aliphatic heterocycles. The van der Waals surface area contributed by atoms with E-state index >= 15 is 0 Å². The molecular weight excluding hydrogens is 248 g/mol. The summed E-state index contributed by atoms with van der Waals surface area (Å²) in [6, 6.07) is 3.28. The smallest absolute Gasteiger partial charge is 0.261 e. The van der Waals surface area contributed by atoms with Gasteiger partial charge in [0.2, 0.25) is 0 Å². The van der Waals surface area contributed by atoms with Crippen LogP contribution in [0.2, 0.25) is 0 Å². The maximum atomic E-state index is 11.4. The SMILES string of the molecule is COc1cc(C)c(S(=O)(=O)Cl)cc1C(C)C. The summed E-state index contributed by atoms with van der Waals surface area (Å²) >= 11 is 0. The van der Waals surface area contributed by atoms with E-state index in [9.17, 15) is 8.42 Å². The third-order valence-corrected chi connectivity index (χ3v) is 3.88. The van der Waals surface area contributed by atoms with Crippen molar-refractivity contribution in [2.45, 2.75) is 31.6 Å². The van der Waals surface area contributed by atoms with E-state index in [1.165, 1.54) is 0 Å². The standard InChI is InChI=1S/C11H15ClO3S/c1-7(2)9-6-11(16(12,13)14)8(3)5-10(9)15-4/h5-7H,1-4H3. The minimum absolute atomic E-state index is 0.152. The van der Waals surface area contributed by atoms with Crippen LogP contribution in [-0.4, -0.2) is 15.5 Å². The molecule has 5 heteroatoms. The predicted molar refractivity (Wildman–Crippen MR) is 64.9 cm³/mol. The van der Waals surface area contributed by atoms with E-state index in [-0.39, 0.29) is 10.8 Å². The minimum Gasteiger partial charge on any atom is -0.496 e. The van der Waals surface area contributed by atoms with Crippen LogP contribution in [0.4, 0.5) is 0 Å². The Balaban J connectivity index is 3.52. The highest BCUT2D eigenvalue weighted by Gasteiger charge is 2.18. The van der Waals surface area contributed by atoms with Crippen molar-refractivity contribution in [1.82, 2.24) is 0 Å². The Morgan fingerprint density at radius 3 is 2.25 bits per heavy atom. The fraction of sp³-hybridized carbons (Fsp3) is 0.455. The van der Waals surface area contributed by atoms with Crippen LogP contribution in [0, 0.1) is 6.92 Å². The molecule has 90 valence electrons. The summed E-state index contributed by atoms with van der Waals surface area (Å²) in [6.07, 6.45) is 0. The zero-order valence-electron chi connectivity index (χ0n) is 9.74. The molecule has 0 saturated carbocycles. The summed E-state index contributed by atoms with van der Waals surface area (Å²) in [6.45, 7) is 5.64. The largest absolute Gasteiger partial charge is 0.496 e. The van der Waals surface area contributed by atoms with Gasteiger partial charge in [0, 0.05) is 10.7 Å². The Morgan fingerprint density at radius 2 is 1.88 bits per heavy atom. The van der Waals surface area contributed by atoms with Gasteiger partial charge in [-0.3, -0.25) is 0 Å². The Kier molecular flexibility index (Phi) is 3.86. The Hall–Kier alpha value is -0.740. The molecule has 0 radical (unpaired) electrons. The second-order valence-corrected chi connectivity index (χ2v) is 6.49. The molecule has 16 heavy (non-hydrogen) atoms. The van der Waals surface area contributed by atoms with Crippen molar-refractivity contribution in [3.8, 4) is 5.75 Å². The van der Waals surface area contributed by atoms with E-state index in [1.54, 1.807) is 26.2 Å². The highest BCUT2D eigenvalue weighted by molar-refractivity contribution is 8.13. The van der Waals surface area contributed by atoms with Crippen molar-refractivity contribution in [2.75, 3.05) is 7.11 Å². The van der Waals surface area contributed by atoms with Gasteiger partial charge in [-0.05, 0) is 36.1 Å². The number of rotatable bonds is 3. The molecule has 0 unspecified atom stereocenters. The van der Waals surface area contributed by atoms with Crippen molar-refractivity contribution in [3.63, 3.8) is 0 Å². The zero-order valence-corrected chi connectivity index (χ0v) is 11.3. The number of hydrogen-bond donors (Lipinski definition) is 0. The summed E-state index contributed by atoms with van der Waals surface area (Å²) in [5, 5.41) is 0. The van der Waals surface area contributed by atoms with Gasteiger partial charge in [0.05, 0.1) is 12.0 Å². The fourth-order valence-electron chi connectivity index (χ4n) is 1.57. The topological polar surface area (TPSA) is 43.4 Å². The second kappa shape index (κ2) is 4.63. The summed E-state index contributed by atoms with van der Waals surface area (Å²) in [5.74, 6) is 0.865. The van der Waals surface area contributed by atoms with E-state index in [0.29, 0.717) is 11.3 Å². The maximum Gasteiger partial charge on any atom is 0.261 e. The van der Waals surface area contributed by atoms with Crippen LogP contribution in [0.5, 0.6) is 5.75 Å². The van der Waals surface area contributed by atoms with Gasteiger partial charge in [-0.25, -0.2) is 8.42 Å². The van der Waals surface area contributed by atoms with Gasteiger partial charge in [-0.2, -0.15) is 0 Å². The lowest BCUT2D eigenvalue weighted by Gasteiger charge is -2.14. The molecular formula is C11H15ClO3S. The molecule has 0 saturated heterocycles. The molecule has 1 aromatic carbocycles. The lowest BCUT2D eigenvalue weighted by molar-refractivity contribution is 0.406. The van der Waals surface area contributed by atoms with Crippen molar-refractivity contribution in [2.24, 2.45) is 0 Å². The molecule has 0 N–H and O–H groups in total. The fourth-order valence-corrected chi connectivity index (χ4v) is 2.78. The first kappa shape index (κ1) is 13.3. The van der Waals surface area contributed by atoms with E-state index in [0.717, 1.165) is 5.56 Å². The van der Waals surface area contributed by atoms with Gasteiger partial charge in [0.25, 0.3) is 9.05 Å². The number of benzene rings is 1. The maximum absolute atomic E-state index is 11.4. The van der Waals surface area contributed by atoms with Crippen molar-refractivity contribution in [1.29, 1.82) is 0 Å². The number of methoxy groups -OCH3 is 1. The zero-order chi connectivity index (χ0) is 12.5. The van der Waals surface area contributed by atoms with Gasteiger partial charge < -0.3 is 4.74 Å². The molecule has 0 spiro atoms. The average Bonchev–Trinajstić information content (AvgIpc) is 2.14. The number of aryl methyl sites for hydroxylation is 1. The summed E-state index contributed by atoms with van der Waals surface area (Å²) in [7, 11) is 3.23. The van der Waals surface area contributed by atoms with Crippen LogP contribution in [0.25, 0.3) is 0 Å². The average molecular weight is 263 g/mol. The Labute approximate surface area is 101 Å². The lowest BCUT2D eigenvalue weighted by Crippen LogP contribution is -2.01. The van der Waals surface area contributed by atoms with E-state index in [2.05, 4.69) is 0 Å². The highest BCUT2D eigenvalue weighted by atomic mass is 35.7. The monoisotopic (exact) mass is 262 g/mol. The van der Waals surface area contributed by atoms with Gasteiger partial charge >= 0.3 is 0 Å². The molecule has 0 amide bonds. The second-order valence-electron chi connectivity index (χ2n) is 3.95.